The van der Waals surface area contributed by atoms with Crippen LogP contribution in [-0.2, 0) is 9.53 Å². The molecule has 2 atom stereocenters. The van der Waals surface area contributed by atoms with E-state index in [0.29, 0.717) is 18.4 Å². The number of aldehydes is 1. The first-order valence-corrected chi connectivity index (χ1v) is 3.88. The fraction of sp³-hybridized carbons (Fsp3) is 0.875. The van der Waals surface area contributed by atoms with Gasteiger partial charge in [-0.2, -0.15) is 0 Å². The van der Waals surface area contributed by atoms with E-state index in [2.05, 4.69) is 6.92 Å². The van der Waals surface area contributed by atoms with Crippen LogP contribution in [0.15, 0.2) is 0 Å². The Balaban J connectivity index is 2.24. The van der Waals surface area contributed by atoms with Gasteiger partial charge in [-0.25, -0.2) is 0 Å². The highest BCUT2D eigenvalue weighted by Crippen LogP contribution is 2.21. The molecule has 10 heavy (non-hydrogen) atoms. The molecule has 2 nitrogen and oxygen atoms in total. The SMILES string of the molecule is CC1CC(CC=O)CCO1. The minimum atomic E-state index is 0.360. The Bertz CT molecular complexity index is 112. The van der Waals surface area contributed by atoms with Crippen LogP contribution in [0.2, 0.25) is 0 Å². The molecule has 58 valence electrons. The Labute approximate surface area is 61.6 Å². The van der Waals surface area contributed by atoms with Gasteiger partial charge in [0.25, 0.3) is 0 Å². The lowest BCUT2D eigenvalue weighted by Gasteiger charge is -2.25. The third-order valence-corrected chi connectivity index (χ3v) is 2.02. The average Bonchev–Trinajstić information content (AvgIpc) is 1.88. The smallest absolute Gasteiger partial charge is 0.120 e. The van der Waals surface area contributed by atoms with Crippen molar-refractivity contribution in [1.29, 1.82) is 0 Å². The predicted molar refractivity (Wildman–Crippen MR) is 38.8 cm³/mol. The number of rotatable bonds is 2. The number of carbonyl (C=O) groups is 1. The summed E-state index contributed by atoms with van der Waals surface area (Å²) in [7, 11) is 0. The lowest BCUT2D eigenvalue weighted by Crippen LogP contribution is -2.23. The van der Waals surface area contributed by atoms with E-state index in [1.54, 1.807) is 0 Å². The van der Waals surface area contributed by atoms with E-state index >= 15 is 0 Å². The van der Waals surface area contributed by atoms with Gasteiger partial charge in [-0.3, -0.25) is 0 Å². The Hall–Kier alpha value is -0.370. The van der Waals surface area contributed by atoms with Crippen LogP contribution >= 0.6 is 0 Å². The van der Waals surface area contributed by atoms with Crippen LogP contribution in [-0.4, -0.2) is 19.0 Å². The van der Waals surface area contributed by atoms with Crippen molar-refractivity contribution in [3.8, 4) is 0 Å². The number of carbonyl (C=O) groups excluding carboxylic acids is 1. The first-order valence-electron chi connectivity index (χ1n) is 3.88. The summed E-state index contributed by atoms with van der Waals surface area (Å²) in [5.74, 6) is 0.584. The van der Waals surface area contributed by atoms with E-state index in [1.165, 1.54) is 0 Å². The van der Waals surface area contributed by atoms with Gasteiger partial charge in [0.2, 0.25) is 0 Å². The summed E-state index contributed by atoms with van der Waals surface area (Å²) in [6.07, 6.45) is 4.21. The molecule has 0 amide bonds. The van der Waals surface area contributed by atoms with Crippen molar-refractivity contribution in [3.63, 3.8) is 0 Å². The Kier molecular flexibility index (Phi) is 2.87. The molecule has 1 fully saturated rings. The lowest BCUT2D eigenvalue weighted by molar-refractivity contribution is -0.109. The maximum Gasteiger partial charge on any atom is 0.120 e. The van der Waals surface area contributed by atoms with Gasteiger partial charge >= 0.3 is 0 Å². The highest BCUT2D eigenvalue weighted by atomic mass is 16.5. The van der Waals surface area contributed by atoms with Crippen molar-refractivity contribution in [2.75, 3.05) is 6.61 Å². The topological polar surface area (TPSA) is 26.3 Å². The fourth-order valence-electron chi connectivity index (χ4n) is 1.44. The maximum atomic E-state index is 10.1. The molecule has 1 rings (SSSR count). The highest BCUT2D eigenvalue weighted by molar-refractivity contribution is 5.49. The maximum absolute atomic E-state index is 10.1. The number of hydrogen-bond acceptors (Lipinski definition) is 2. The zero-order valence-corrected chi connectivity index (χ0v) is 6.38. The van der Waals surface area contributed by atoms with Crippen molar-refractivity contribution >= 4 is 6.29 Å². The molecule has 0 aromatic rings. The second kappa shape index (κ2) is 3.71. The van der Waals surface area contributed by atoms with Crippen molar-refractivity contribution in [2.24, 2.45) is 5.92 Å². The van der Waals surface area contributed by atoms with Crippen LogP contribution in [0.4, 0.5) is 0 Å². The predicted octanol–water partition coefficient (Wildman–Crippen LogP) is 1.39. The van der Waals surface area contributed by atoms with E-state index in [1.807, 2.05) is 0 Å². The molecule has 0 saturated carbocycles. The quantitative estimate of drug-likeness (QED) is 0.544. The van der Waals surface area contributed by atoms with E-state index in [-0.39, 0.29) is 0 Å². The molecule has 2 unspecified atom stereocenters. The summed E-state index contributed by atoms with van der Waals surface area (Å²) in [6, 6.07) is 0. The number of ether oxygens (including phenoxy) is 1. The second-order valence-electron chi connectivity index (χ2n) is 2.97. The normalized spacial score (nSPS) is 33.7. The van der Waals surface area contributed by atoms with Crippen molar-refractivity contribution < 1.29 is 9.53 Å². The van der Waals surface area contributed by atoms with Gasteiger partial charge < -0.3 is 9.53 Å². The zero-order valence-electron chi connectivity index (χ0n) is 6.38. The molecule has 0 spiro atoms. The van der Waals surface area contributed by atoms with Gasteiger partial charge in [0.15, 0.2) is 0 Å². The monoisotopic (exact) mass is 142 g/mol. The minimum absolute atomic E-state index is 0.360. The third-order valence-electron chi connectivity index (χ3n) is 2.02. The first-order chi connectivity index (χ1) is 4.83. The third kappa shape index (κ3) is 2.10. The average molecular weight is 142 g/mol. The first kappa shape index (κ1) is 7.73. The molecule has 1 aliphatic heterocycles. The van der Waals surface area contributed by atoms with E-state index in [9.17, 15) is 4.79 Å². The summed E-state index contributed by atoms with van der Waals surface area (Å²) < 4.78 is 5.34. The molecule has 0 aromatic heterocycles. The van der Waals surface area contributed by atoms with Crippen LogP contribution < -0.4 is 0 Å². The summed E-state index contributed by atoms with van der Waals surface area (Å²) in [5, 5.41) is 0. The highest BCUT2D eigenvalue weighted by Gasteiger charge is 2.18. The summed E-state index contributed by atoms with van der Waals surface area (Å²) >= 11 is 0. The summed E-state index contributed by atoms with van der Waals surface area (Å²) in [5.41, 5.74) is 0. The molecular weight excluding hydrogens is 128 g/mol. The Morgan fingerprint density at radius 1 is 1.70 bits per heavy atom. The van der Waals surface area contributed by atoms with Crippen LogP contribution in [0.3, 0.4) is 0 Å². The fourth-order valence-corrected chi connectivity index (χ4v) is 1.44. The Morgan fingerprint density at radius 2 is 2.50 bits per heavy atom. The van der Waals surface area contributed by atoms with Crippen molar-refractivity contribution in [3.05, 3.63) is 0 Å². The molecule has 0 radical (unpaired) electrons. The van der Waals surface area contributed by atoms with Crippen LogP contribution in [0.1, 0.15) is 26.2 Å². The van der Waals surface area contributed by atoms with Crippen molar-refractivity contribution in [2.45, 2.75) is 32.3 Å². The molecular formula is C8H14O2. The molecule has 1 aliphatic rings. The van der Waals surface area contributed by atoms with Gasteiger partial charge in [-0.1, -0.05) is 0 Å². The summed E-state index contributed by atoms with van der Waals surface area (Å²) in [4.78, 5) is 10.1. The van der Waals surface area contributed by atoms with E-state index in [0.717, 1.165) is 25.7 Å². The molecule has 1 heterocycles. The van der Waals surface area contributed by atoms with E-state index < -0.39 is 0 Å². The molecule has 0 bridgehead atoms. The van der Waals surface area contributed by atoms with Crippen LogP contribution in [0.25, 0.3) is 0 Å². The molecule has 1 saturated heterocycles. The number of hydrogen-bond donors (Lipinski definition) is 0. The molecule has 2 heteroatoms. The standard InChI is InChI=1S/C8H14O2/c1-7-6-8(2-4-9)3-5-10-7/h4,7-8H,2-3,5-6H2,1H3. The molecule has 0 aliphatic carbocycles. The molecule has 0 N–H and O–H groups in total. The summed E-state index contributed by atoms with van der Waals surface area (Å²) in [6.45, 7) is 2.90. The van der Waals surface area contributed by atoms with Gasteiger partial charge in [-0.15, -0.1) is 0 Å². The van der Waals surface area contributed by atoms with Crippen molar-refractivity contribution in [1.82, 2.24) is 0 Å². The zero-order chi connectivity index (χ0) is 7.40. The lowest BCUT2D eigenvalue weighted by atomic mass is 9.94. The van der Waals surface area contributed by atoms with Crippen LogP contribution in [0, 0.1) is 5.92 Å². The Morgan fingerprint density at radius 3 is 3.10 bits per heavy atom. The molecule has 0 aromatic carbocycles. The van der Waals surface area contributed by atoms with Gasteiger partial charge in [0, 0.05) is 13.0 Å². The largest absolute Gasteiger partial charge is 0.378 e. The minimum Gasteiger partial charge on any atom is -0.378 e. The van der Waals surface area contributed by atoms with Gasteiger partial charge in [0.05, 0.1) is 6.10 Å². The van der Waals surface area contributed by atoms with E-state index in [4.69, 9.17) is 4.74 Å². The second-order valence-corrected chi connectivity index (χ2v) is 2.97. The van der Waals surface area contributed by atoms with Gasteiger partial charge in [-0.05, 0) is 25.7 Å². The van der Waals surface area contributed by atoms with Crippen LogP contribution in [0.5, 0.6) is 0 Å². The van der Waals surface area contributed by atoms with Gasteiger partial charge in [0.1, 0.15) is 6.29 Å².